The minimum Gasteiger partial charge on any atom is -0.370 e. The Balaban J connectivity index is 1.65. The highest BCUT2D eigenvalue weighted by atomic mass is 32.2. The van der Waals surface area contributed by atoms with Crippen molar-refractivity contribution >= 4 is 35.0 Å². The summed E-state index contributed by atoms with van der Waals surface area (Å²) < 4.78 is 0. The third kappa shape index (κ3) is 5.86. The third-order valence-corrected chi connectivity index (χ3v) is 5.43. The molecule has 0 aliphatic carbocycles. The Morgan fingerprint density at radius 2 is 1.59 bits per heavy atom. The number of hydrogen-bond donors (Lipinski definition) is 2. The van der Waals surface area contributed by atoms with Crippen molar-refractivity contribution in [2.24, 2.45) is 5.73 Å². The second-order valence-electron chi connectivity index (χ2n) is 6.59. The quantitative estimate of drug-likeness (QED) is 0.552. The number of anilines is 2. The van der Waals surface area contributed by atoms with Gasteiger partial charge in [0.05, 0.1) is 11.3 Å². The number of benzene rings is 3. The van der Waals surface area contributed by atoms with Crippen molar-refractivity contribution < 1.29 is 9.59 Å². The van der Waals surface area contributed by atoms with Gasteiger partial charge in [0.2, 0.25) is 5.91 Å². The van der Waals surface area contributed by atoms with Gasteiger partial charge < -0.3 is 16.0 Å². The molecule has 0 bridgehead atoms. The molecule has 0 aliphatic heterocycles. The molecular formula is C23H23N3O2S. The number of carbonyl (C=O) groups is 2. The van der Waals surface area contributed by atoms with Crippen LogP contribution in [0.15, 0.2) is 83.8 Å². The molecule has 0 saturated carbocycles. The van der Waals surface area contributed by atoms with E-state index in [9.17, 15) is 9.59 Å². The van der Waals surface area contributed by atoms with E-state index in [4.69, 9.17) is 5.73 Å². The van der Waals surface area contributed by atoms with Crippen molar-refractivity contribution in [3.05, 3.63) is 90.0 Å². The molecule has 0 fully saturated rings. The SMILES string of the molecule is CN(Cc1ccccc1)c1ccc(NC(=O)c2ccccc2SCC(N)=O)cc1. The Hall–Kier alpha value is -3.25. The molecule has 0 saturated heterocycles. The summed E-state index contributed by atoms with van der Waals surface area (Å²) in [5.41, 5.74) is 8.73. The lowest BCUT2D eigenvalue weighted by atomic mass is 10.2. The number of primary amides is 1. The van der Waals surface area contributed by atoms with E-state index in [0.29, 0.717) is 11.3 Å². The molecule has 3 aromatic rings. The average Bonchev–Trinajstić information content (AvgIpc) is 2.73. The van der Waals surface area contributed by atoms with Crippen LogP contribution in [0.2, 0.25) is 0 Å². The molecule has 6 heteroatoms. The van der Waals surface area contributed by atoms with Gasteiger partial charge in [0.1, 0.15) is 0 Å². The van der Waals surface area contributed by atoms with E-state index < -0.39 is 5.91 Å². The van der Waals surface area contributed by atoms with Gasteiger partial charge in [-0.1, -0.05) is 42.5 Å². The number of nitrogens with one attached hydrogen (secondary N) is 1. The molecule has 0 aromatic heterocycles. The van der Waals surface area contributed by atoms with Gasteiger partial charge in [0, 0.05) is 29.9 Å². The highest BCUT2D eigenvalue weighted by Gasteiger charge is 2.12. The van der Waals surface area contributed by atoms with E-state index in [2.05, 4.69) is 22.3 Å². The fraction of sp³-hybridized carbons (Fsp3) is 0.130. The minimum absolute atomic E-state index is 0.132. The van der Waals surface area contributed by atoms with Gasteiger partial charge in [0.15, 0.2) is 0 Å². The fourth-order valence-electron chi connectivity index (χ4n) is 2.88. The van der Waals surface area contributed by atoms with E-state index in [0.717, 1.165) is 17.1 Å². The molecule has 0 unspecified atom stereocenters. The highest BCUT2D eigenvalue weighted by molar-refractivity contribution is 8.00. The molecule has 0 atom stereocenters. The van der Waals surface area contributed by atoms with Gasteiger partial charge in [-0.25, -0.2) is 0 Å². The van der Waals surface area contributed by atoms with Crippen LogP contribution in [0, 0.1) is 0 Å². The van der Waals surface area contributed by atoms with Gasteiger partial charge in [-0.15, -0.1) is 11.8 Å². The number of thioether (sulfide) groups is 1. The molecule has 148 valence electrons. The number of nitrogens with two attached hydrogens (primary N) is 1. The first-order valence-corrected chi connectivity index (χ1v) is 10.2. The van der Waals surface area contributed by atoms with Crippen LogP contribution in [0.3, 0.4) is 0 Å². The van der Waals surface area contributed by atoms with Crippen molar-refractivity contribution in [3.8, 4) is 0 Å². The van der Waals surface area contributed by atoms with Gasteiger partial charge in [-0.3, -0.25) is 9.59 Å². The van der Waals surface area contributed by atoms with Crippen molar-refractivity contribution in [2.45, 2.75) is 11.4 Å². The maximum absolute atomic E-state index is 12.7. The first kappa shape index (κ1) is 20.5. The zero-order valence-electron chi connectivity index (χ0n) is 16.2. The monoisotopic (exact) mass is 405 g/mol. The van der Waals surface area contributed by atoms with Crippen LogP contribution in [0.5, 0.6) is 0 Å². The van der Waals surface area contributed by atoms with Crippen molar-refractivity contribution in [3.63, 3.8) is 0 Å². The molecular weight excluding hydrogens is 382 g/mol. The number of amides is 2. The number of nitrogens with zero attached hydrogens (tertiary/aromatic N) is 1. The van der Waals surface area contributed by atoms with Crippen molar-refractivity contribution in [2.75, 3.05) is 23.0 Å². The number of carbonyl (C=O) groups excluding carboxylic acids is 2. The maximum atomic E-state index is 12.7. The van der Waals surface area contributed by atoms with Crippen LogP contribution in [-0.4, -0.2) is 24.6 Å². The first-order chi connectivity index (χ1) is 14.0. The number of hydrogen-bond acceptors (Lipinski definition) is 4. The lowest BCUT2D eigenvalue weighted by Crippen LogP contribution is -2.17. The Bertz CT molecular complexity index is 975. The van der Waals surface area contributed by atoms with Crippen LogP contribution < -0.4 is 16.0 Å². The largest absolute Gasteiger partial charge is 0.370 e. The predicted octanol–water partition coefficient (Wildman–Crippen LogP) is 4.15. The molecule has 5 nitrogen and oxygen atoms in total. The molecule has 0 aliphatic rings. The molecule has 0 heterocycles. The summed E-state index contributed by atoms with van der Waals surface area (Å²) in [4.78, 5) is 26.6. The fourth-order valence-corrected chi connectivity index (χ4v) is 3.66. The summed E-state index contributed by atoms with van der Waals surface area (Å²) in [7, 11) is 2.03. The first-order valence-electron chi connectivity index (χ1n) is 9.19. The van der Waals surface area contributed by atoms with Gasteiger partial charge in [0.25, 0.3) is 5.91 Å². The average molecular weight is 406 g/mol. The van der Waals surface area contributed by atoms with E-state index >= 15 is 0 Å². The highest BCUT2D eigenvalue weighted by Crippen LogP contribution is 2.24. The molecule has 0 radical (unpaired) electrons. The molecule has 3 rings (SSSR count). The standard InChI is InChI=1S/C23H23N3O2S/c1-26(15-17-7-3-2-4-8-17)19-13-11-18(12-14-19)25-23(28)20-9-5-6-10-21(20)29-16-22(24)27/h2-14H,15-16H2,1H3,(H2,24,27)(H,25,28). The van der Waals surface area contributed by atoms with E-state index in [1.165, 1.54) is 17.3 Å². The Labute approximate surface area is 174 Å². The Morgan fingerprint density at radius 3 is 2.28 bits per heavy atom. The van der Waals surface area contributed by atoms with Gasteiger partial charge in [-0.05, 0) is 42.0 Å². The van der Waals surface area contributed by atoms with Crippen LogP contribution in [-0.2, 0) is 11.3 Å². The molecule has 2 amide bonds. The van der Waals surface area contributed by atoms with Gasteiger partial charge >= 0.3 is 0 Å². The topological polar surface area (TPSA) is 75.4 Å². The molecule has 3 N–H and O–H groups in total. The summed E-state index contributed by atoms with van der Waals surface area (Å²) in [5.74, 6) is -0.504. The van der Waals surface area contributed by atoms with Crippen molar-refractivity contribution in [1.29, 1.82) is 0 Å². The third-order valence-electron chi connectivity index (χ3n) is 4.33. The normalized spacial score (nSPS) is 10.4. The zero-order valence-corrected chi connectivity index (χ0v) is 17.0. The van der Waals surface area contributed by atoms with Crippen LogP contribution in [0.4, 0.5) is 11.4 Å². The van der Waals surface area contributed by atoms with E-state index in [1.807, 2.05) is 61.6 Å². The summed E-state index contributed by atoms with van der Waals surface area (Å²) in [6.07, 6.45) is 0. The van der Waals surface area contributed by atoms with Crippen molar-refractivity contribution in [1.82, 2.24) is 0 Å². The second-order valence-corrected chi connectivity index (χ2v) is 7.61. The summed E-state index contributed by atoms with van der Waals surface area (Å²) in [6, 6.07) is 25.2. The molecule has 0 spiro atoms. The number of rotatable bonds is 8. The lowest BCUT2D eigenvalue weighted by Gasteiger charge is -2.20. The lowest BCUT2D eigenvalue weighted by molar-refractivity contribution is -0.115. The van der Waals surface area contributed by atoms with E-state index in [1.54, 1.807) is 12.1 Å². The summed E-state index contributed by atoms with van der Waals surface area (Å²) in [5, 5.41) is 2.92. The summed E-state index contributed by atoms with van der Waals surface area (Å²) in [6.45, 7) is 0.803. The Kier molecular flexibility index (Phi) is 6.92. The predicted molar refractivity (Wildman–Crippen MR) is 119 cm³/mol. The molecule has 29 heavy (non-hydrogen) atoms. The smallest absolute Gasteiger partial charge is 0.256 e. The van der Waals surface area contributed by atoms with Crippen LogP contribution in [0.1, 0.15) is 15.9 Å². The second kappa shape index (κ2) is 9.80. The summed E-state index contributed by atoms with van der Waals surface area (Å²) >= 11 is 1.26. The zero-order chi connectivity index (χ0) is 20.6. The Morgan fingerprint density at radius 1 is 0.931 bits per heavy atom. The minimum atomic E-state index is -0.416. The van der Waals surface area contributed by atoms with E-state index in [-0.39, 0.29) is 11.7 Å². The van der Waals surface area contributed by atoms with Gasteiger partial charge in [-0.2, -0.15) is 0 Å². The molecule has 3 aromatic carbocycles. The maximum Gasteiger partial charge on any atom is 0.256 e. The van der Waals surface area contributed by atoms with Crippen LogP contribution in [0.25, 0.3) is 0 Å². The van der Waals surface area contributed by atoms with Crippen LogP contribution >= 0.6 is 11.8 Å².